The lowest BCUT2D eigenvalue weighted by molar-refractivity contribution is -0.137. The van der Waals surface area contributed by atoms with Crippen molar-refractivity contribution in [3.8, 4) is 0 Å². The highest BCUT2D eigenvalue weighted by molar-refractivity contribution is 5.66. The first kappa shape index (κ1) is 20.9. The van der Waals surface area contributed by atoms with Gasteiger partial charge < -0.3 is 15.3 Å². The molecule has 2 atom stereocenters. The second-order valence-electron chi connectivity index (χ2n) is 5.66. The molecule has 4 heteroatoms. The van der Waals surface area contributed by atoms with E-state index >= 15 is 0 Å². The Kier molecular flexibility index (Phi) is 14.0. The summed E-state index contributed by atoms with van der Waals surface area (Å²) in [7, 11) is 0. The maximum absolute atomic E-state index is 10.3. The fraction of sp³-hybridized carbons (Fsp3) is 0.722. The smallest absolute Gasteiger partial charge is 0.303 e. The SMILES string of the molecule is CCC(O)C(O)C=CCC=CCCCCCCCCC(=O)O. The molecule has 0 amide bonds. The fourth-order valence-electron chi connectivity index (χ4n) is 2.13. The molecule has 0 saturated heterocycles. The molecule has 0 aliphatic rings. The van der Waals surface area contributed by atoms with Crippen LogP contribution in [0.2, 0.25) is 0 Å². The van der Waals surface area contributed by atoms with Crippen molar-refractivity contribution in [1.29, 1.82) is 0 Å². The second kappa shape index (κ2) is 14.8. The van der Waals surface area contributed by atoms with E-state index in [9.17, 15) is 15.0 Å². The van der Waals surface area contributed by atoms with Gasteiger partial charge in [0.2, 0.25) is 0 Å². The molecule has 0 spiro atoms. The van der Waals surface area contributed by atoms with E-state index in [1.807, 2.05) is 13.0 Å². The van der Waals surface area contributed by atoms with Crippen molar-refractivity contribution in [2.45, 2.75) is 83.3 Å². The van der Waals surface area contributed by atoms with Gasteiger partial charge in [-0.25, -0.2) is 0 Å². The zero-order chi connectivity index (χ0) is 16.6. The Morgan fingerprint density at radius 3 is 2.23 bits per heavy atom. The van der Waals surface area contributed by atoms with Crippen LogP contribution in [0.5, 0.6) is 0 Å². The van der Waals surface area contributed by atoms with Crippen LogP contribution in [-0.2, 0) is 4.79 Å². The summed E-state index contributed by atoms with van der Waals surface area (Å²) in [6.07, 6.45) is 15.5. The van der Waals surface area contributed by atoms with E-state index in [4.69, 9.17) is 5.11 Å². The summed E-state index contributed by atoms with van der Waals surface area (Å²) in [6.45, 7) is 1.84. The number of aliphatic carboxylic acids is 1. The van der Waals surface area contributed by atoms with Gasteiger partial charge >= 0.3 is 5.97 Å². The number of hydrogen-bond acceptors (Lipinski definition) is 3. The number of hydrogen-bond donors (Lipinski definition) is 3. The third kappa shape index (κ3) is 13.8. The number of unbranched alkanes of at least 4 members (excludes halogenated alkanes) is 6. The highest BCUT2D eigenvalue weighted by Gasteiger charge is 2.08. The first-order chi connectivity index (χ1) is 10.6. The van der Waals surface area contributed by atoms with E-state index in [0.29, 0.717) is 12.8 Å². The van der Waals surface area contributed by atoms with Crippen molar-refractivity contribution in [3.05, 3.63) is 24.3 Å². The molecular formula is C18H32O4. The molecular weight excluding hydrogens is 280 g/mol. The lowest BCUT2D eigenvalue weighted by Gasteiger charge is -2.10. The summed E-state index contributed by atoms with van der Waals surface area (Å²) in [6, 6.07) is 0. The number of carboxylic acids is 1. The Hall–Kier alpha value is -1.13. The first-order valence-corrected chi connectivity index (χ1v) is 8.47. The van der Waals surface area contributed by atoms with Gasteiger partial charge in [0.05, 0.1) is 12.2 Å². The molecule has 0 fully saturated rings. The van der Waals surface area contributed by atoms with Crippen LogP contribution in [0.25, 0.3) is 0 Å². The third-order valence-corrected chi connectivity index (χ3v) is 3.60. The molecule has 3 N–H and O–H groups in total. The van der Waals surface area contributed by atoms with Gasteiger partial charge in [-0.3, -0.25) is 4.79 Å². The Morgan fingerprint density at radius 2 is 1.59 bits per heavy atom. The molecule has 0 bridgehead atoms. The Bertz CT molecular complexity index is 323. The first-order valence-electron chi connectivity index (χ1n) is 8.47. The maximum Gasteiger partial charge on any atom is 0.303 e. The monoisotopic (exact) mass is 312 g/mol. The fourth-order valence-corrected chi connectivity index (χ4v) is 2.13. The summed E-state index contributed by atoms with van der Waals surface area (Å²) in [5.74, 6) is -0.698. The zero-order valence-electron chi connectivity index (χ0n) is 13.8. The molecule has 0 aromatic rings. The normalized spacial score (nSPS) is 14.7. The van der Waals surface area contributed by atoms with Gasteiger partial charge in [-0.05, 0) is 32.1 Å². The van der Waals surface area contributed by atoms with Gasteiger partial charge in [0, 0.05) is 6.42 Å². The number of carbonyl (C=O) groups is 1. The van der Waals surface area contributed by atoms with Crippen LogP contribution in [-0.4, -0.2) is 33.5 Å². The lowest BCUT2D eigenvalue weighted by atomic mass is 10.1. The number of aliphatic hydroxyl groups is 2. The number of carboxylic acid groups (broad SMARTS) is 1. The molecule has 0 aliphatic carbocycles. The Balaban J connectivity index is 3.37. The van der Waals surface area contributed by atoms with E-state index < -0.39 is 18.2 Å². The van der Waals surface area contributed by atoms with E-state index in [1.54, 1.807) is 6.08 Å². The van der Waals surface area contributed by atoms with Crippen molar-refractivity contribution in [2.75, 3.05) is 0 Å². The summed E-state index contributed by atoms with van der Waals surface area (Å²) >= 11 is 0. The highest BCUT2D eigenvalue weighted by atomic mass is 16.4. The molecule has 0 aliphatic heterocycles. The van der Waals surface area contributed by atoms with E-state index in [1.165, 1.54) is 12.8 Å². The summed E-state index contributed by atoms with van der Waals surface area (Å²) in [5, 5.41) is 27.4. The molecule has 0 rings (SSSR count). The van der Waals surface area contributed by atoms with Crippen LogP contribution >= 0.6 is 0 Å². The molecule has 0 saturated carbocycles. The van der Waals surface area contributed by atoms with Crippen LogP contribution in [0.3, 0.4) is 0 Å². The van der Waals surface area contributed by atoms with Gasteiger partial charge in [0.15, 0.2) is 0 Å². The predicted molar refractivity (Wildman–Crippen MR) is 89.8 cm³/mol. The minimum absolute atomic E-state index is 0.292. The molecule has 22 heavy (non-hydrogen) atoms. The molecule has 0 heterocycles. The number of allylic oxidation sites excluding steroid dienone is 3. The molecule has 128 valence electrons. The summed E-state index contributed by atoms with van der Waals surface area (Å²) in [4.78, 5) is 10.3. The minimum Gasteiger partial charge on any atom is -0.481 e. The third-order valence-electron chi connectivity index (χ3n) is 3.60. The topological polar surface area (TPSA) is 77.8 Å². The van der Waals surface area contributed by atoms with Crippen LogP contribution in [0, 0.1) is 0 Å². The largest absolute Gasteiger partial charge is 0.481 e. The van der Waals surface area contributed by atoms with Crippen molar-refractivity contribution in [1.82, 2.24) is 0 Å². The molecule has 2 unspecified atom stereocenters. The molecule has 4 nitrogen and oxygen atoms in total. The van der Waals surface area contributed by atoms with Crippen LogP contribution < -0.4 is 0 Å². The van der Waals surface area contributed by atoms with Gasteiger partial charge in [0.1, 0.15) is 0 Å². The predicted octanol–water partition coefficient (Wildman–Crippen LogP) is 3.83. The minimum atomic E-state index is -0.764. The highest BCUT2D eigenvalue weighted by Crippen LogP contribution is 2.09. The van der Waals surface area contributed by atoms with Crippen LogP contribution in [0.4, 0.5) is 0 Å². The number of rotatable bonds is 14. The van der Waals surface area contributed by atoms with Crippen molar-refractivity contribution in [2.24, 2.45) is 0 Å². The van der Waals surface area contributed by atoms with Gasteiger partial charge in [-0.15, -0.1) is 0 Å². The van der Waals surface area contributed by atoms with Crippen molar-refractivity contribution in [3.63, 3.8) is 0 Å². The average Bonchev–Trinajstić information content (AvgIpc) is 2.50. The number of aliphatic hydroxyl groups excluding tert-OH is 2. The van der Waals surface area contributed by atoms with Gasteiger partial charge in [0.25, 0.3) is 0 Å². The van der Waals surface area contributed by atoms with Crippen molar-refractivity contribution >= 4 is 5.97 Å². The van der Waals surface area contributed by atoms with Crippen molar-refractivity contribution < 1.29 is 20.1 Å². The molecule has 0 aromatic heterocycles. The quantitative estimate of drug-likeness (QED) is 0.336. The van der Waals surface area contributed by atoms with E-state index in [0.717, 1.165) is 38.5 Å². The van der Waals surface area contributed by atoms with Gasteiger partial charge in [-0.2, -0.15) is 0 Å². The van der Waals surface area contributed by atoms with Gasteiger partial charge in [-0.1, -0.05) is 56.9 Å². The summed E-state index contributed by atoms with van der Waals surface area (Å²) < 4.78 is 0. The molecule has 0 radical (unpaired) electrons. The zero-order valence-corrected chi connectivity index (χ0v) is 13.8. The standard InChI is InChI=1S/C18H32O4/c1-2-16(19)17(20)14-12-10-8-6-4-3-5-7-9-11-13-15-18(21)22/h6,8,12,14,16-17,19-20H,2-5,7,9-11,13,15H2,1H3,(H,21,22). The molecule has 0 aromatic carbocycles. The lowest BCUT2D eigenvalue weighted by Crippen LogP contribution is -2.22. The Morgan fingerprint density at radius 1 is 0.955 bits per heavy atom. The second-order valence-corrected chi connectivity index (χ2v) is 5.66. The van der Waals surface area contributed by atoms with Crippen LogP contribution in [0.15, 0.2) is 24.3 Å². The maximum atomic E-state index is 10.3. The van der Waals surface area contributed by atoms with Crippen LogP contribution in [0.1, 0.15) is 71.1 Å². The average molecular weight is 312 g/mol. The Labute approximate surface area is 134 Å². The van der Waals surface area contributed by atoms with E-state index in [2.05, 4.69) is 12.2 Å². The van der Waals surface area contributed by atoms with E-state index in [-0.39, 0.29) is 0 Å². The summed E-state index contributed by atoms with van der Waals surface area (Å²) in [5.41, 5.74) is 0.